The van der Waals surface area contributed by atoms with Gasteiger partial charge in [-0.25, -0.2) is 0 Å². The van der Waals surface area contributed by atoms with Crippen LogP contribution in [0.25, 0.3) is 0 Å². The van der Waals surface area contributed by atoms with Crippen LogP contribution in [0, 0.1) is 0 Å². The van der Waals surface area contributed by atoms with E-state index in [0.29, 0.717) is 0 Å². The van der Waals surface area contributed by atoms with Gasteiger partial charge >= 0.3 is 0 Å². The van der Waals surface area contributed by atoms with Gasteiger partial charge < -0.3 is 15.2 Å². The van der Waals surface area contributed by atoms with Gasteiger partial charge in [-0.2, -0.15) is 0 Å². The van der Waals surface area contributed by atoms with Gasteiger partial charge in [0.15, 0.2) is 0 Å². The lowest BCUT2D eigenvalue weighted by Crippen LogP contribution is -2.34. The molecule has 0 amide bonds. The van der Waals surface area contributed by atoms with E-state index in [-0.39, 0.29) is 18.7 Å². The molecule has 0 aliphatic heterocycles. The molecule has 0 aliphatic carbocycles. The summed E-state index contributed by atoms with van der Waals surface area (Å²) in [4.78, 5) is 0. The van der Waals surface area contributed by atoms with E-state index in [1.165, 1.54) is 11.1 Å². The monoisotopic (exact) mass is 285 g/mol. The number of ether oxygens (including phenoxy) is 1. The van der Waals surface area contributed by atoms with Crippen LogP contribution in [0.3, 0.4) is 0 Å². The fraction of sp³-hybridized carbons (Fsp3) is 0.333. The fourth-order valence-corrected chi connectivity index (χ4v) is 2.36. The SMILES string of the molecule is COc1ccc([C@H](Cc2ccccc2)N[C@H](C)CO)cc1. The predicted octanol–water partition coefficient (Wildman–Crippen LogP) is 2.95. The summed E-state index contributed by atoms with van der Waals surface area (Å²) in [6.45, 7) is 2.11. The van der Waals surface area contributed by atoms with Crippen molar-refractivity contribution < 1.29 is 9.84 Å². The van der Waals surface area contributed by atoms with Crippen LogP contribution in [-0.4, -0.2) is 24.9 Å². The molecule has 2 atom stereocenters. The van der Waals surface area contributed by atoms with Gasteiger partial charge in [0.1, 0.15) is 5.75 Å². The largest absolute Gasteiger partial charge is 0.497 e. The predicted molar refractivity (Wildman–Crippen MR) is 85.6 cm³/mol. The van der Waals surface area contributed by atoms with Crippen molar-refractivity contribution >= 4 is 0 Å². The van der Waals surface area contributed by atoms with Gasteiger partial charge in [-0.15, -0.1) is 0 Å². The lowest BCUT2D eigenvalue weighted by molar-refractivity contribution is 0.240. The van der Waals surface area contributed by atoms with E-state index in [4.69, 9.17) is 4.74 Å². The number of methoxy groups -OCH3 is 1. The number of hydrogen-bond donors (Lipinski definition) is 2. The molecule has 0 saturated carbocycles. The highest BCUT2D eigenvalue weighted by Gasteiger charge is 2.14. The van der Waals surface area contributed by atoms with E-state index in [0.717, 1.165) is 12.2 Å². The Balaban J connectivity index is 2.17. The number of nitrogens with one attached hydrogen (secondary N) is 1. The van der Waals surface area contributed by atoms with Gasteiger partial charge in [0.2, 0.25) is 0 Å². The van der Waals surface area contributed by atoms with Crippen LogP contribution in [0.1, 0.15) is 24.1 Å². The highest BCUT2D eigenvalue weighted by Crippen LogP contribution is 2.22. The van der Waals surface area contributed by atoms with Gasteiger partial charge in [-0.05, 0) is 36.6 Å². The molecule has 0 saturated heterocycles. The smallest absolute Gasteiger partial charge is 0.118 e. The average molecular weight is 285 g/mol. The van der Waals surface area contributed by atoms with Crippen LogP contribution in [0.4, 0.5) is 0 Å². The molecule has 2 rings (SSSR count). The van der Waals surface area contributed by atoms with Crippen molar-refractivity contribution in [1.29, 1.82) is 0 Å². The Morgan fingerprint density at radius 2 is 1.71 bits per heavy atom. The third kappa shape index (κ3) is 4.59. The summed E-state index contributed by atoms with van der Waals surface area (Å²) in [6, 6.07) is 18.7. The summed E-state index contributed by atoms with van der Waals surface area (Å²) in [5.41, 5.74) is 2.47. The Morgan fingerprint density at radius 3 is 2.29 bits per heavy atom. The minimum Gasteiger partial charge on any atom is -0.497 e. The first-order valence-corrected chi connectivity index (χ1v) is 7.27. The second-order valence-corrected chi connectivity index (χ2v) is 5.27. The number of aliphatic hydroxyl groups is 1. The summed E-state index contributed by atoms with van der Waals surface area (Å²) < 4.78 is 5.21. The molecule has 3 heteroatoms. The lowest BCUT2D eigenvalue weighted by atomic mass is 9.98. The van der Waals surface area contributed by atoms with Crippen molar-refractivity contribution in [2.24, 2.45) is 0 Å². The van der Waals surface area contributed by atoms with E-state index in [1.54, 1.807) is 7.11 Å². The molecular weight excluding hydrogens is 262 g/mol. The van der Waals surface area contributed by atoms with Gasteiger partial charge in [0.05, 0.1) is 13.7 Å². The maximum absolute atomic E-state index is 9.30. The summed E-state index contributed by atoms with van der Waals surface area (Å²) in [5, 5.41) is 12.8. The zero-order valence-corrected chi connectivity index (χ0v) is 12.6. The van der Waals surface area contributed by atoms with Crippen molar-refractivity contribution in [3.63, 3.8) is 0 Å². The molecule has 0 aliphatic rings. The Kier molecular flexibility index (Phi) is 5.78. The number of hydrogen-bond acceptors (Lipinski definition) is 3. The van der Waals surface area contributed by atoms with Crippen LogP contribution in [0.5, 0.6) is 5.75 Å². The minimum atomic E-state index is 0.0563. The molecule has 2 aromatic rings. The van der Waals surface area contributed by atoms with Crippen LogP contribution < -0.4 is 10.1 Å². The van der Waals surface area contributed by atoms with Crippen molar-refractivity contribution in [3.05, 3.63) is 65.7 Å². The van der Waals surface area contributed by atoms with Gasteiger partial charge in [-0.3, -0.25) is 0 Å². The molecular formula is C18H23NO2. The molecule has 0 fully saturated rings. The maximum Gasteiger partial charge on any atom is 0.118 e. The topological polar surface area (TPSA) is 41.5 Å². The van der Waals surface area contributed by atoms with E-state index in [9.17, 15) is 5.11 Å². The van der Waals surface area contributed by atoms with Gasteiger partial charge in [-0.1, -0.05) is 42.5 Å². The molecule has 0 spiro atoms. The molecule has 0 heterocycles. The first-order valence-electron chi connectivity index (χ1n) is 7.27. The highest BCUT2D eigenvalue weighted by molar-refractivity contribution is 5.30. The van der Waals surface area contributed by atoms with Crippen molar-refractivity contribution in [3.8, 4) is 5.75 Å². The summed E-state index contributed by atoms with van der Waals surface area (Å²) in [5.74, 6) is 0.854. The van der Waals surface area contributed by atoms with Crippen molar-refractivity contribution in [1.82, 2.24) is 5.32 Å². The van der Waals surface area contributed by atoms with Gasteiger partial charge in [0, 0.05) is 12.1 Å². The summed E-state index contributed by atoms with van der Waals surface area (Å²) in [6.07, 6.45) is 0.886. The molecule has 0 unspecified atom stereocenters. The quantitative estimate of drug-likeness (QED) is 0.822. The third-order valence-corrected chi connectivity index (χ3v) is 3.56. The van der Waals surface area contributed by atoms with Gasteiger partial charge in [0.25, 0.3) is 0 Å². The molecule has 0 aromatic heterocycles. The zero-order valence-electron chi connectivity index (χ0n) is 12.6. The second kappa shape index (κ2) is 7.81. The number of benzene rings is 2. The molecule has 112 valence electrons. The van der Waals surface area contributed by atoms with Crippen molar-refractivity contribution in [2.45, 2.75) is 25.4 Å². The summed E-state index contributed by atoms with van der Waals surface area (Å²) >= 11 is 0. The molecule has 2 N–H and O–H groups in total. The number of aliphatic hydroxyl groups excluding tert-OH is 1. The third-order valence-electron chi connectivity index (χ3n) is 3.56. The number of rotatable bonds is 7. The molecule has 0 radical (unpaired) electrons. The maximum atomic E-state index is 9.30. The van der Waals surface area contributed by atoms with E-state index < -0.39 is 0 Å². The van der Waals surface area contributed by atoms with E-state index >= 15 is 0 Å². The molecule has 21 heavy (non-hydrogen) atoms. The standard InChI is InChI=1S/C18H23NO2/c1-14(13-20)19-18(12-15-6-4-3-5-7-15)16-8-10-17(21-2)11-9-16/h3-11,14,18-20H,12-13H2,1-2H3/t14-,18+/m1/s1. The Labute approximate surface area is 126 Å². The Hall–Kier alpha value is -1.84. The average Bonchev–Trinajstić information content (AvgIpc) is 2.55. The molecule has 0 bridgehead atoms. The molecule has 2 aromatic carbocycles. The Bertz CT molecular complexity index is 525. The lowest BCUT2D eigenvalue weighted by Gasteiger charge is -2.23. The first-order chi connectivity index (χ1) is 10.2. The normalized spacial score (nSPS) is 13.7. The highest BCUT2D eigenvalue weighted by atomic mass is 16.5. The van der Waals surface area contributed by atoms with Crippen molar-refractivity contribution in [2.75, 3.05) is 13.7 Å². The van der Waals surface area contributed by atoms with Crippen LogP contribution in [0.15, 0.2) is 54.6 Å². The minimum absolute atomic E-state index is 0.0563. The summed E-state index contributed by atoms with van der Waals surface area (Å²) in [7, 11) is 1.67. The van der Waals surface area contributed by atoms with Crippen LogP contribution in [-0.2, 0) is 6.42 Å². The van der Waals surface area contributed by atoms with Crippen LogP contribution in [0.2, 0.25) is 0 Å². The Morgan fingerprint density at radius 1 is 1.05 bits per heavy atom. The van der Waals surface area contributed by atoms with Crippen LogP contribution >= 0.6 is 0 Å². The fourth-order valence-electron chi connectivity index (χ4n) is 2.36. The molecule has 3 nitrogen and oxygen atoms in total. The first kappa shape index (κ1) is 15.5. The zero-order chi connectivity index (χ0) is 15.1. The van der Waals surface area contributed by atoms with E-state index in [1.807, 2.05) is 25.1 Å². The van der Waals surface area contributed by atoms with E-state index in [2.05, 4.69) is 41.7 Å². The second-order valence-electron chi connectivity index (χ2n) is 5.27.